The van der Waals surface area contributed by atoms with Gasteiger partial charge in [0, 0.05) is 38.8 Å². The van der Waals surface area contributed by atoms with E-state index in [1.165, 1.54) is 11.9 Å². The first kappa shape index (κ1) is 18.9. The zero-order chi connectivity index (χ0) is 19.1. The minimum absolute atomic E-state index is 0.693. The second kappa shape index (κ2) is 9.18. The van der Waals surface area contributed by atoms with E-state index in [9.17, 15) is 0 Å². The molecule has 3 N–H and O–H groups in total. The summed E-state index contributed by atoms with van der Waals surface area (Å²) in [6, 6.07) is 7.88. The number of aryl methyl sites for hydroxylation is 1. The van der Waals surface area contributed by atoms with Crippen LogP contribution in [-0.4, -0.2) is 52.4 Å². The smallest absolute Gasteiger partial charge is 0.191 e. The van der Waals surface area contributed by atoms with Gasteiger partial charge in [0.1, 0.15) is 12.1 Å². The number of aromatic nitrogens is 4. The average molecular weight is 387 g/mol. The van der Waals surface area contributed by atoms with Crippen LogP contribution >= 0.6 is 11.6 Å². The molecule has 9 heteroatoms. The minimum Gasteiger partial charge on any atom is -0.368 e. The Bertz CT molecular complexity index is 903. The molecule has 0 unspecified atom stereocenters. The summed E-state index contributed by atoms with van der Waals surface area (Å²) >= 11 is 5.90. The van der Waals surface area contributed by atoms with Gasteiger partial charge in [0.2, 0.25) is 0 Å². The number of nitrogens with one attached hydrogen (secondary N) is 3. The molecule has 0 spiro atoms. The molecule has 8 nitrogen and oxygen atoms in total. The fraction of sp³-hybridized carbons (Fsp3) is 0.333. The van der Waals surface area contributed by atoms with Crippen molar-refractivity contribution in [3.63, 3.8) is 0 Å². The van der Waals surface area contributed by atoms with Gasteiger partial charge in [0.05, 0.1) is 11.6 Å². The Hall–Kier alpha value is -2.87. The van der Waals surface area contributed by atoms with Crippen LogP contribution in [0.3, 0.4) is 0 Å². The van der Waals surface area contributed by atoms with Crippen molar-refractivity contribution in [3.05, 3.63) is 47.4 Å². The van der Waals surface area contributed by atoms with Crippen LogP contribution in [0.1, 0.15) is 5.56 Å². The first-order valence-corrected chi connectivity index (χ1v) is 9.10. The summed E-state index contributed by atoms with van der Waals surface area (Å²) in [4.78, 5) is 12.8. The highest BCUT2D eigenvalue weighted by Crippen LogP contribution is 2.17. The van der Waals surface area contributed by atoms with Crippen LogP contribution in [0, 0.1) is 0 Å². The number of nitrogens with zero attached hydrogens (tertiary/aromatic N) is 5. The summed E-state index contributed by atoms with van der Waals surface area (Å²) < 4.78 is 1.73. The number of fused-ring (bicyclic) bond motifs is 1. The van der Waals surface area contributed by atoms with E-state index in [2.05, 4.69) is 36.0 Å². The van der Waals surface area contributed by atoms with E-state index in [0.29, 0.717) is 13.1 Å². The highest BCUT2D eigenvalue weighted by molar-refractivity contribution is 6.30. The quantitative estimate of drug-likeness (QED) is 0.326. The predicted octanol–water partition coefficient (Wildman–Crippen LogP) is 1.84. The molecule has 0 saturated carbocycles. The van der Waals surface area contributed by atoms with Crippen LogP contribution < -0.4 is 16.0 Å². The summed E-state index contributed by atoms with van der Waals surface area (Å²) in [6.45, 7) is 2.18. The Morgan fingerprint density at radius 1 is 1.11 bits per heavy atom. The summed E-state index contributed by atoms with van der Waals surface area (Å²) in [5.74, 6) is 1.54. The molecular formula is C18H23ClN8. The highest BCUT2D eigenvalue weighted by atomic mass is 35.5. The fourth-order valence-corrected chi connectivity index (χ4v) is 2.79. The zero-order valence-corrected chi connectivity index (χ0v) is 16.2. The van der Waals surface area contributed by atoms with E-state index in [1.54, 1.807) is 17.9 Å². The van der Waals surface area contributed by atoms with Crippen molar-refractivity contribution in [2.24, 2.45) is 12.0 Å². The van der Waals surface area contributed by atoms with Crippen molar-refractivity contribution in [2.45, 2.75) is 6.42 Å². The minimum atomic E-state index is 0.693. The third-order valence-electron chi connectivity index (χ3n) is 4.08. The molecule has 3 aromatic rings. The SMILES string of the molecule is CN=C(NCCNc1ncnc2c1cnn2C)NCCc1ccc(Cl)cc1. The monoisotopic (exact) mass is 386 g/mol. The maximum absolute atomic E-state index is 5.90. The maximum atomic E-state index is 5.90. The van der Waals surface area contributed by atoms with Crippen molar-refractivity contribution < 1.29 is 0 Å². The van der Waals surface area contributed by atoms with Gasteiger partial charge < -0.3 is 16.0 Å². The van der Waals surface area contributed by atoms with E-state index < -0.39 is 0 Å². The lowest BCUT2D eigenvalue weighted by Gasteiger charge is -2.12. The number of hydrogen-bond acceptors (Lipinski definition) is 5. The molecule has 2 heterocycles. The molecule has 0 saturated heterocycles. The second-order valence-corrected chi connectivity index (χ2v) is 6.39. The van der Waals surface area contributed by atoms with Gasteiger partial charge in [-0.15, -0.1) is 0 Å². The first-order valence-electron chi connectivity index (χ1n) is 8.73. The number of hydrogen-bond donors (Lipinski definition) is 3. The molecule has 142 valence electrons. The van der Waals surface area contributed by atoms with Gasteiger partial charge in [0.15, 0.2) is 11.6 Å². The van der Waals surface area contributed by atoms with Gasteiger partial charge in [-0.2, -0.15) is 5.10 Å². The Labute approximate surface area is 163 Å². The van der Waals surface area contributed by atoms with Gasteiger partial charge in [-0.05, 0) is 24.1 Å². The van der Waals surface area contributed by atoms with Crippen molar-refractivity contribution in [2.75, 3.05) is 32.0 Å². The van der Waals surface area contributed by atoms with E-state index in [0.717, 1.165) is 40.8 Å². The summed E-state index contributed by atoms with van der Waals surface area (Å²) in [7, 11) is 3.62. The molecule has 0 aliphatic heterocycles. The number of halogens is 1. The molecule has 2 aromatic heterocycles. The first-order chi connectivity index (χ1) is 13.2. The number of rotatable bonds is 7. The number of anilines is 1. The summed E-state index contributed by atoms with van der Waals surface area (Å²) in [5.41, 5.74) is 2.04. The average Bonchev–Trinajstić information content (AvgIpc) is 3.07. The van der Waals surface area contributed by atoms with Gasteiger partial charge in [-0.1, -0.05) is 23.7 Å². The topological polar surface area (TPSA) is 92.1 Å². The van der Waals surface area contributed by atoms with E-state index in [4.69, 9.17) is 11.6 Å². The highest BCUT2D eigenvalue weighted by Gasteiger charge is 2.07. The zero-order valence-electron chi connectivity index (χ0n) is 15.4. The second-order valence-electron chi connectivity index (χ2n) is 5.96. The van der Waals surface area contributed by atoms with Gasteiger partial charge in [0.25, 0.3) is 0 Å². The molecule has 0 radical (unpaired) electrons. The molecule has 1 aromatic carbocycles. The van der Waals surface area contributed by atoms with Crippen LogP contribution in [0.15, 0.2) is 41.8 Å². The molecular weight excluding hydrogens is 364 g/mol. The Morgan fingerprint density at radius 2 is 1.89 bits per heavy atom. The standard InChI is InChI=1S/C18H23ClN8/c1-20-18(22-8-7-13-3-5-14(19)6-4-13)23-10-9-21-16-15-11-26-27(2)17(15)25-12-24-16/h3-6,11-12H,7-10H2,1-2H3,(H2,20,22,23)(H,21,24,25). The number of aliphatic imine (C=N–C) groups is 1. The normalized spacial score (nSPS) is 11.6. The molecule has 0 atom stereocenters. The fourth-order valence-electron chi connectivity index (χ4n) is 2.66. The molecule has 27 heavy (non-hydrogen) atoms. The van der Waals surface area contributed by atoms with E-state index in [1.807, 2.05) is 31.3 Å². The van der Waals surface area contributed by atoms with Crippen LogP contribution in [0.25, 0.3) is 11.0 Å². The summed E-state index contributed by atoms with van der Waals surface area (Å²) in [6.07, 6.45) is 4.20. The van der Waals surface area contributed by atoms with Crippen LogP contribution in [0.4, 0.5) is 5.82 Å². The number of guanidine groups is 1. The lowest BCUT2D eigenvalue weighted by Crippen LogP contribution is -2.40. The molecule has 0 aliphatic rings. The van der Waals surface area contributed by atoms with Gasteiger partial charge in [-0.25, -0.2) is 9.97 Å². The molecule has 0 bridgehead atoms. The van der Waals surface area contributed by atoms with Gasteiger partial charge in [-0.3, -0.25) is 9.67 Å². The van der Waals surface area contributed by atoms with Crippen LogP contribution in [-0.2, 0) is 13.5 Å². The molecule has 0 fully saturated rings. The van der Waals surface area contributed by atoms with Crippen molar-refractivity contribution in [1.29, 1.82) is 0 Å². The van der Waals surface area contributed by atoms with E-state index in [-0.39, 0.29) is 0 Å². The van der Waals surface area contributed by atoms with Crippen LogP contribution in [0.2, 0.25) is 5.02 Å². The van der Waals surface area contributed by atoms with Crippen LogP contribution in [0.5, 0.6) is 0 Å². The molecule has 0 amide bonds. The Morgan fingerprint density at radius 3 is 2.67 bits per heavy atom. The van der Waals surface area contributed by atoms with Crippen molar-refractivity contribution >= 4 is 34.4 Å². The third kappa shape index (κ3) is 5.07. The molecule has 3 rings (SSSR count). The summed E-state index contributed by atoms with van der Waals surface area (Å²) in [5, 5.41) is 15.8. The van der Waals surface area contributed by atoms with Crippen molar-refractivity contribution in [3.8, 4) is 0 Å². The lowest BCUT2D eigenvalue weighted by atomic mass is 10.1. The third-order valence-corrected chi connectivity index (χ3v) is 4.33. The van der Waals surface area contributed by atoms with E-state index >= 15 is 0 Å². The van der Waals surface area contributed by atoms with Crippen molar-refractivity contribution in [1.82, 2.24) is 30.4 Å². The molecule has 0 aliphatic carbocycles. The number of benzene rings is 1. The lowest BCUT2D eigenvalue weighted by molar-refractivity contribution is 0.785. The Kier molecular flexibility index (Phi) is 6.43. The van der Waals surface area contributed by atoms with Gasteiger partial charge >= 0.3 is 0 Å². The largest absolute Gasteiger partial charge is 0.368 e. The maximum Gasteiger partial charge on any atom is 0.191 e. The Balaban J connectivity index is 1.41. The predicted molar refractivity (Wildman–Crippen MR) is 109 cm³/mol.